The Morgan fingerprint density at radius 2 is 1.75 bits per heavy atom. The molecule has 0 bridgehead atoms. The predicted molar refractivity (Wildman–Crippen MR) is 70.2 cm³/mol. The molecule has 0 radical (unpaired) electrons. The van der Waals surface area contributed by atoms with E-state index in [4.69, 9.17) is 5.26 Å². The van der Waals surface area contributed by atoms with Crippen molar-refractivity contribution < 1.29 is 0 Å². The standard InChI is InChI=1S/C14H28N2/c1-13(2)8-5-6-10-16-11-7-9-14(3,4)12-15/h13,16H,5-11H2,1-4H3. The minimum absolute atomic E-state index is 0.153. The molecule has 0 aliphatic carbocycles. The molecule has 0 aliphatic rings. The molecule has 16 heavy (non-hydrogen) atoms. The van der Waals surface area contributed by atoms with Gasteiger partial charge >= 0.3 is 0 Å². The molecule has 0 aromatic carbocycles. The molecular weight excluding hydrogens is 196 g/mol. The average molecular weight is 224 g/mol. The van der Waals surface area contributed by atoms with E-state index in [0.29, 0.717) is 0 Å². The highest BCUT2D eigenvalue weighted by atomic mass is 14.8. The van der Waals surface area contributed by atoms with Crippen molar-refractivity contribution in [2.24, 2.45) is 11.3 Å². The third-order valence-corrected chi connectivity index (χ3v) is 2.84. The van der Waals surface area contributed by atoms with Crippen molar-refractivity contribution in [1.82, 2.24) is 5.32 Å². The molecule has 1 N–H and O–H groups in total. The lowest BCUT2D eigenvalue weighted by Gasteiger charge is -2.14. The summed E-state index contributed by atoms with van der Waals surface area (Å²) in [6.07, 6.45) is 6.03. The van der Waals surface area contributed by atoms with E-state index in [9.17, 15) is 0 Å². The van der Waals surface area contributed by atoms with E-state index >= 15 is 0 Å². The van der Waals surface area contributed by atoms with Crippen LogP contribution in [0.15, 0.2) is 0 Å². The van der Waals surface area contributed by atoms with Gasteiger partial charge in [-0.1, -0.05) is 26.7 Å². The van der Waals surface area contributed by atoms with Gasteiger partial charge in [-0.15, -0.1) is 0 Å². The first-order valence-electron chi connectivity index (χ1n) is 6.60. The van der Waals surface area contributed by atoms with E-state index in [1.54, 1.807) is 0 Å². The molecule has 0 saturated carbocycles. The maximum Gasteiger partial charge on any atom is 0.0683 e. The number of nitriles is 1. The summed E-state index contributed by atoms with van der Waals surface area (Å²) in [4.78, 5) is 0. The summed E-state index contributed by atoms with van der Waals surface area (Å²) in [6, 6.07) is 2.34. The van der Waals surface area contributed by atoms with Gasteiger partial charge in [-0.2, -0.15) is 5.26 Å². The molecule has 0 saturated heterocycles. The van der Waals surface area contributed by atoms with Gasteiger partial charge in [0.15, 0.2) is 0 Å². The minimum Gasteiger partial charge on any atom is -0.317 e. The Balaban J connectivity index is 3.20. The van der Waals surface area contributed by atoms with Crippen LogP contribution in [0.1, 0.15) is 59.8 Å². The fourth-order valence-electron chi connectivity index (χ4n) is 1.64. The van der Waals surface area contributed by atoms with Gasteiger partial charge in [0.05, 0.1) is 11.5 Å². The second-order valence-electron chi connectivity index (χ2n) is 5.74. The summed E-state index contributed by atoms with van der Waals surface area (Å²) < 4.78 is 0. The van der Waals surface area contributed by atoms with Crippen molar-refractivity contribution in [3.05, 3.63) is 0 Å². The Morgan fingerprint density at radius 1 is 1.12 bits per heavy atom. The summed E-state index contributed by atoms with van der Waals surface area (Å²) >= 11 is 0. The van der Waals surface area contributed by atoms with Crippen molar-refractivity contribution in [2.45, 2.75) is 59.8 Å². The van der Waals surface area contributed by atoms with Crippen molar-refractivity contribution in [2.75, 3.05) is 13.1 Å². The number of hydrogen-bond donors (Lipinski definition) is 1. The summed E-state index contributed by atoms with van der Waals surface area (Å²) in [5, 5.41) is 12.3. The third kappa shape index (κ3) is 9.98. The van der Waals surface area contributed by atoms with Gasteiger partial charge in [-0.05, 0) is 52.1 Å². The molecule has 0 atom stereocenters. The smallest absolute Gasteiger partial charge is 0.0683 e. The lowest BCUT2D eigenvalue weighted by atomic mass is 9.90. The van der Waals surface area contributed by atoms with Gasteiger partial charge in [0, 0.05) is 0 Å². The first-order chi connectivity index (χ1) is 7.48. The molecule has 0 aliphatic heterocycles. The number of unbranched alkanes of at least 4 members (excludes halogenated alkanes) is 1. The van der Waals surface area contributed by atoms with Crippen LogP contribution >= 0.6 is 0 Å². The van der Waals surface area contributed by atoms with Gasteiger partial charge in [0.1, 0.15) is 0 Å². The molecule has 94 valence electrons. The monoisotopic (exact) mass is 224 g/mol. The van der Waals surface area contributed by atoms with Crippen molar-refractivity contribution in [3.63, 3.8) is 0 Å². The second kappa shape index (κ2) is 8.58. The van der Waals surface area contributed by atoms with Gasteiger partial charge in [0.2, 0.25) is 0 Å². The van der Waals surface area contributed by atoms with Crippen molar-refractivity contribution in [1.29, 1.82) is 5.26 Å². The van der Waals surface area contributed by atoms with Gasteiger partial charge in [-0.25, -0.2) is 0 Å². The number of nitrogens with one attached hydrogen (secondary N) is 1. The maximum absolute atomic E-state index is 8.85. The Kier molecular flexibility index (Phi) is 8.29. The zero-order chi connectivity index (χ0) is 12.4. The highest BCUT2D eigenvalue weighted by Crippen LogP contribution is 2.19. The second-order valence-corrected chi connectivity index (χ2v) is 5.74. The third-order valence-electron chi connectivity index (χ3n) is 2.84. The predicted octanol–water partition coefficient (Wildman–Crippen LogP) is 3.73. The van der Waals surface area contributed by atoms with Crippen LogP contribution in [-0.2, 0) is 0 Å². The Hall–Kier alpha value is -0.550. The van der Waals surface area contributed by atoms with Crippen LogP contribution in [0, 0.1) is 22.7 Å². The lowest BCUT2D eigenvalue weighted by molar-refractivity contribution is 0.423. The summed E-state index contributed by atoms with van der Waals surface area (Å²) in [7, 11) is 0. The molecule has 0 heterocycles. The van der Waals surface area contributed by atoms with Crippen molar-refractivity contribution in [3.8, 4) is 6.07 Å². The van der Waals surface area contributed by atoms with E-state index in [0.717, 1.165) is 31.8 Å². The fraction of sp³-hybridized carbons (Fsp3) is 0.929. The Bertz CT molecular complexity index is 201. The SMILES string of the molecule is CC(C)CCCCNCCCC(C)(C)C#N. The molecule has 0 fully saturated rings. The summed E-state index contributed by atoms with van der Waals surface area (Å²) in [5.41, 5.74) is -0.153. The van der Waals surface area contributed by atoms with Crippen LogP contribution in [0.5, 0.6) is 0 Å². The maximum atomic E-state index is 8.85. The normalized spacial score (nSPS) is 11.8. The lowest BCUT2D eigenvalue weighted by Crippen LogP contribution is -2.19. The van der Waals surface area contributed by atoms with E-state index in [-0.39, 0.29) is 5.41 Å². The molecule has 0 rings (SSSR count). The Morgan fingerprint density at radius 3 is 2.31 bits per heavy atom. The van der Waals surface area contributed by atoms with Crippen LogP contribution in [0.3, 0.4) is 0 Å². The fourth-order valence-corrected chi connectivity index (χ4v) is 1.64. The quantitative estimate of drug-likeness (QED) is 0.606. The molecule has 2 heteroatoms. The molecule has 0 aromatic rings. The van der Waals surface area contributed by atoms with E-state index in [1.165, 1.54) is 19.3 Å². The van der Waals surface area contributed by atoms with Crippen molar-refractivity contribution >= 4 is 0 Å². The molecule has 0 amide bonds. The van der Waals surface area contributed by atoms with Crippen LogP contribution in [0.2, 0.25) is 0 Å². The molecule has 2 nitrogen and oxygen atoms in total. The van der Waals surface area contributed by atoms with Gasteiger partial charge < -0.3 is 5.32 Å². The van der Waals surface area contributed by atoms with E-state index in [2.05, 4.69) is 25.2 Å². The van der Waals surface area contributed by atoms with Crippen LogP contribution < -0.4 is 5.32 Å². The van der Waals surface area contributed by atoms with E-state index in [1.807, 2.05) is 13.8 Å². The molecule has 0 aromatic heterocycles. The topological polar surface area (TPSA) is 35.8 Å². The first-order valence-corrected chi connectivity index (χ1v) is 6.60. The minimum atomic E-state index is -0.153. The molecule has 0 spiro atoms. The average Bonchev–Trinajstić information content (AvgIpc) is 2.21. The zero-order valence-electron chi connectivity index (χ0n) is 11.5. The van der Waals surface area contributed by atoms with Gasteiger partial charge in [-0.3, -0.25) is 0 Å². The number of hydrogen-bond acceptors (Lipinski definition) is 2. The van der Waals surface area contributed by atoms with Gasteiger partial charge in [0.25, 0.3) is 0 Å². The van der Waals surface area contributed by atoms with Crippen LogP contribution in [0.4, 0.5) is 0 Å². The highest BCUT2D eigenvalue weighted by Gasteiger charge is 2.14. The van der Waals surface area contributed by atoms with Crippen LogP contribution in [-0.4, -0.2) is 13.1 Å². The highest BCUT2D eigenvalue weighted by molar-refractivity contribution is 4.91. The molecule has 0 unspecified atom stereocenters. The van der Waals surface area contributed by atoms with E-state index < -0.39 is 0 Å². The summed E-state index contributed by atoms with van der Waals surface area (Å²) in [6.45, 7) is 10.7. The first kappa shape index (κ1) is 15.4. The molecular formula is C14H28N2. The number of rotatable bonds is 9. The largest absolute Gasteiger partial charge is 0.317 e. The number of nitrogens with zero attached hydrogens (tertiary/aromatic N) is 1. The van der Waals surface area contributed by atoms with Crippen LogP contribution in [0.25, 0.3) is 0 Å². The Labute approximate surface area is 101 Å². The summed E-state index contributed by atoms with van der Waals surface area (Å²) in [5.74, 6) is 0.830. The zero-order valence-corrected chi connectivity index (χ0v) is 11.5.